The van der Waals surface area contributed by atoms with Crippen LogP contribution in [0, 0.1) is 6.92 Å². The molecule has 2 aromatic heterocycles. The summed E-state index contributed by atoms with van der Waals surface area (Å²) < 4.78 is 1.98. The van der Waals surface area contributed by atoms with Crippen LogP contribution in [0.15, 0.2) is 23.8 Å². The van der Waals surface area contributed by atoms with Crippen LogP contribution in [0.4, 0.5) is 0 Å². The highest BCUT2D eigenvalue weighted by Crippen LogP contribution is 2.11. The molecule has 0 fully saturated rings. The van der Waals surface area contributed by atoms with Crippen molar-refractivity contribution in [3.8, 4) is 0 Å². The van der Waals surface area contributed by atoms with E-state index in [1.807, 2.05) is 30.1 Å². The topological polar surface area (TPSA) is 42.7 Å². The molecule has 1 N–H and O–H groups in total. The first-order chi connectivity index (χ1) is 8.16. The fourth-order valence-corrected chi connectivity index (χ4v) is 2.29. The number of hydrogen-bond donors (Lipinski definition) is 1. The minimum Gasteiger partial charge on any atom is -0.306 e. The molecule has 0 aromatic carbocycles. The molecule has 2 unspecified atom stereocenters. The molecule has 0 saturated carbocycles. The molecule has 0 aliphatic rings. The summed E-state index contributed by atoms with van der Waals surface area (Å²) in [6, 6.07) is 2.65. The summed E-state index contributed by atoms with van der Waals surface area (Å²) in [4.78, 5) is 4.44. The van der Waals surface area contributed by atoms with Gasteiger partial charge in [-0.2, -0.15) is 5.10 Å². The second-order valence-electron chi connectivity index (χ2n) is 4.25. The van der Waals surface area contributed by atoms with Crippen LogP contribution in [0.2, 0.25) is 0 Å². The van der Waals surface area contributed by atoms with Gasteiger partial charge in [0.2, 0.25) is 0 Å². The number of hydrogen-bond acceptors (Lipinski definition) is 4. The monoisotopic (exact) mass is 250 g/mol. The van der Waals surface area contributed by atoms with Crippen molar-refractivity contribution in [2.45, 2.75) is 39.4 Å². The molecule has 0 saturated heterocycles. The summed E-state index contributed by atoms with van der Waals surface area (Å²) >= 11 is 1.69. The van der Waals surface area contributed by atoms with Crippen molar-refractivity contribution in [2.24, 2.45) is 0 Å². The summed E-state index contributed by atoms with van der Waals surface area (Å²) in [6.07, 6.45) is 3.81. The number of rotatable bonds is 5. The summed E-state index contributed by atoms with van der Waals surface area (Å²) in [5.41, 5.74) is 1.12. The first-order valence-corrected chi connectivity index (χ1v) is 6.68. The maximum Gasteiger partial charge on any atom is 0.0897 e. The Morgan fingerprint density at radius 1 is 1.47 bits per heavy atom. The Morgan fingerprint density at radius 3 is 2.88 bits per heavy atom. The molecule has 2 aromatic rings. The molecule has 0 spiro atoms. The maximum absolute atomic E-state index is 4.44. The van der Waals surface area contributed by atoms with E-state index in [0.717, 1.165) is 17.2 Å². The number of thiazole rings is 1. The van der Waals surface area contributed by atoms with E-state index in [4.69, 9.17) is 0 Å². The predicted octanol–water partition coefficient (Wildman–Crippen LogP) is 2.39. The van der Waals surface area contributed by atoms with Gasteiger partial charge in [0.15, 0.2) is 0 Å². The van der Waals surface area contributed by atoms with Gasteiger partial charge in [0.25, 0.3) is 0 Å². The lowest BCUT2D eigenvalue weighted by Gasteiger charge is -2.21. The molecular weight excluding hydrogens is 232 g/mol. The number of aryl methyl sites for hydroxylation is 1. The number of nitrogens with one attached hydrogen (secondary N) is 1. The summed E-state index contributed by atoms with van der Waals surface area (Å²) in [7, 11) is 0. The van der Waals surface area contributed by atoms with Crippen molar-refractivity contribution < 1.29 is 0 Å². The van der Waals surface area contributed by atoms with E-state index in [2.05, 4.69) is 34.6 Å². The molecule has 92 valence electrons. The molecular formula is C12H18N4S. The molecule has 0 amide bonds. The maximum atomic E-state index is 4.44. The van der Waals surface area contributed by atoms with E-state index in [0.29, 0.717) is 12.1 Å². The number of nitrogens with zero attached hydrogens (tertiary/aromatic N) is 3. The van der Waals surface area contributed by atoms with Gasteiger partial charge < -0.3 is 5.32 Å². The largest absolute Gasteiger partial charge is 0.306 e. The third kappa shape index (κ3) is 3.14. The van der Waals surface area contributed by atoms with E-state index in [9.17, 15) is 0 Å². The molecule has 0 radical (unpaired) electrons. The molecule has 2 rings (SSSR count). The van der Waals surface area contributed by atoms with Crippen LogP contribution >= 0.6 is 11.3 Å². The lowest BCUT2D eigenvalue weighted by atomic mass is 10.2. The van der Waals surface area contributed by atoms with Crippen molar-refractivity contribution in [3.63, 3.8) is 0 Å². The van der Waals surface area contributed by atoms with Crippen LogP contribution in [-0.2, 0) is 6.54 Å². The number of aromatic nitrogens is 3. The Labute approximate surface area is 106 Å². The molecule has 0 aliphatic heterocycles. The smallest absolute Gasteiger partial charge is 0.0897 e. The second-order valence-corrected chi connectivity index (χ2v) is 5.32. The first-order valence-electron chi connectivity index (χ1n) is 5.80. The van der Waals surface area contributed by atoms with Crippen LogP contribution in [0.3, 0.4) is 0 Å². The van der Waals surface area contributed by atoms with Crippen LogP contribution in [0.1, 0.15) is 30.6 Å². The Kier molecular flexibility index (Phi) is 3.91. The van der Waals surface area contributed by atoms with E-state index in [1.165, 1.54) is 0 Å². The van der Waals surface area contributed by atoms with Gasteiger partial charge in [-0.1, -0.05) is 0 Å². The van der Waals surface area contributed by atoms with E-state index in [1.54, 1.807) is 11.3 Å². The predicted molar refractivity (Wildman–Crippen MR) is 70.1 cm³/mol. The van der Waals surface area contributed by atoms with Gasteiger partial charge in [0, 0.05) is 30.4 Å². The van der Waals surface area contributed by atoms with Gasteiger partial charge in [-0.15, -0.1) is 11.3 Å². The van der Waals surface area contributed by atoms with Crippen LogP contribution in [0.5, 0.6) is 0 Å². The molecule has 5 heteroatoms. The molecule has 4 nitrogen and oxygen atoms in total. The average Bonchev–Trinajstić information content (AvgIpc) is 2.95. The van der Waals surface area contributed by atoms with Crippen molar-refractivity contribution >= 4 is 11.3 Å². The molecule has 0 bridgehead atoms. The quantitative estimate of drug-likeness (QED) is 0.886. The average molecular weight is 250 g/mol. The van der Waals surface area contributed by atoms with E-state index < -0.39 is 0 Å². The lowest BCUT2D eigenvalue weighted by molar-refractivity contribution is 0.364. The van der Waals surface area contributed by atoms with E-state index >= 15 is 0 Å². The zero-order valence-electron chi connectivity index (χ0n) is 10.4. The molecule has 17 heavy (non-hydrogen) atoms. The van der Waals surface area contributed by atoms with Gasteiger partial charge in [0.1, 0.15) is 0 Å². The van der Waals surface area contributed by atoms with Crippen molar-refractivity contribution in [1.29, 1.82) is 0 Å². The van der Waals surface area contributed by atoms with Crippen molar-refractivity contribution in [3.05, 3.63) is 34.5 Å². The molecule has 0 aliphatic carbocycles. The molecule has 2 heterocycles. The van der Waals surface area contributed by atoms with Gasteiger partial charge in [-0.25, -0.2) is 4.98 Å². The Hall–Kier alpha value is -1.20. The minimum absolute atomic E-state index is 0.338. The standard InChI is InChI=1S/C12H18N4S/c1-9(10(2)16-6-4-5-14-16)13-7-12-8-17-11(3)15-12/h4-6,8-10,13H,7H2,1-3H3. The van der Waals surface area contributed by atoms with Gasteiger partial charge in [-0.05, 0) is 26.8 Å². The van der Waals surface area contributed by atoms with Gasteiger partial charge >= 0.3 is 0 Å². The zero-order valence-corrected chi connectivity index (χ0v) is 11.2. The van der Waals surface area contributed by atoms with Crippen molar-refractivity contribution in [1.82, 2.24) is 20.1 Å². The first kappa shape index (κ1) is 12.3. The highest BCUT2D eigenvalue weighted by Gasteiger charge is 2.13. The SMILES string of the molecule is Cc1nc(CNC(C)C(C)n2cccn2)cs1. The zero-order chi connectivity index (χ0) is 12.3. The Bertz CT molecular complexity index is 449. The molecule has 2 atom stereocenters. The highest BCUT2D eigenvalue weighted by atomic mass is 32.1. The fraction of sp³-hybridized carbons (Fsp3) is 0.500. The minimum atomic E-state index is 0.338. The lowest BCUT2D eigenvalue weighted by Crippen LogP contribution is -2.33. The van der Waals surface area contributed by atoms with Crippen LogP contribution in [0.25, 0.3) is 0 Å². The second kappa shape index (κ2) is 5.42. The summed E-state index contributed by atoms with van der Waals surface area (Å²) in [5.74, 6) is 0. The van der Waals surface area contributed by atoms with Crippen LogP contribution in [-0.4, -0.2) is 20.8 Å². The van der Waals surface area contributed by atoms with Crippen LogP contribution < -0.4 is 5.32 Å². The third-order valence-electron chi connectivity index (χ3n) is 2.94. The third-order valence-corrected chi connectivity index (χ3v) is 3.76. The van der Waals surface area contributed by atoms with Crippen molar-refractivity contribution in [2.75, 3.05) is 0 Å². The fourth-order valence-electron chi connectivity index (χ4n) is 1.68. The Morgan fingerprint density at radius 2 is 2.29 bits per heavy atom. The normalized spacial score (nSPS) is 14.8. The van der Waals surface area contributed by atoms with E-state index in [-0.39, 0.29) is 0 Å². The summed E-state index contributed by atoms with van der Waals surface area (Å²) in [6.45, 7) is 7.18. The summed E-state index contributed by atoms with van der Waals surface area (Å²) in [5, 5.41) is 11.0. The highest BCUT2D eigenvalue weighted by molar-refractivity contribution is 7.09. The Balaban J connectivity index is 1.87. The van der Waals surface area contributed by atoms with Gasteiger partial charge in [0.05, 0.1) is 16.7 Å². The van der Waals surface area contributed by atoms with Gasteiger partial charge in [-0.3, -0.25) is 4.68 Å².